The third-order valence-electron chi connectivity index (χ3n) is 2.74. The van der Waals surface area contributed by atoms with Crippen molar-refractivity contribution in [2.24, 2.45) is 0 Å². The summed E-state index contributed by atoms with van der Waals surface area (Å²) in [5.74, 6) is 0.941. The number of H-pyrrole nitrogens is 1. The van der Waals surface area contributed by atoms with Gasteiger partial charge in [0.05, 0.1) is 19.8 Å². The minimum Gasteiger partial charge on any atom is -0.378 e. The number of benzene rings is 1. The molecule has 4 nitrogen and oxygen atoms in total. The van der Waals surface area contributed by atoms with E-state index >= 15 is 0 Å². The van der Waals surface area contributed by atoms with Crippen LogP contribution >= 0.6 is 0 Å². The fraction of sp³-hybridized carbons (Fsp3) is 0.250. The molecule has 0 amide bonds. The van der Waals surface area contributed by atoms with Gasteiger partial charge in [-0.15, -0.1) is 0 Å². The van der Waals surface area contributed by atoms with Gasteiger partial charge in [0.1, 0.15) is 5.82 Å². The third-order valence-corrected chi connectivity index (χ3v) is 2.74. The van der Waals surface area contributed by atoms with Crippen molar-refractivity contribution in [1.29, 1.82) is 0 Å². The average molecular weight is 215 g/mol. The van der Waals surface area contributed by atoms with Crippen LogP contribution in [0.1, 0.15) is 17.0 Å². The molecule has 0 saturated carbocycles. The van der Waals surface area contributed by atoms with Crippen molar-refractivity contribution in [3.05, 3.63) is 47.5 Å². The zero-order valence-electron chi connectivity index (χ0n) is 8.86. The van der Waals surface area contributed by atoms with Gasteiger partial charge in [-0.25, -0.2) is 4.98 Å². The minimum absolute atomic E-state index is 0.715. The van der Waals surface area contributed by atoms with E-state index in [9.17, 15) is 0 Å². The third kappa shape index (κ3) is 1.79. The van der Waals surface area contributed by atoms with E-state index in [1.54, 1.807) is 6.20 Å². The maximum absolute atomic E-state index is 5.37. The van der Waals surface area contributed by atoms with Crippen LogP contribution in [0.15, 0.2) is 30.6 Å². The predicted molar refractivity (Wildman–Crippen MR) is 60.8 cm³/mol. The fourth-order valence-corrected chi connectivity index (χ4v) is 1.86. The number of nitrogens with zero attached hydrogens (tertiary/aromatic N) is 1. The van der Waals surface area contributed by atoms with Crippen molar-refractivity contribution >= 4 is 5.69 Å². The van der Waals surface area contributed by atoms with E-state index in [-0.39, 0.29) is 0 Å². The highest BCUT2D eigenvalue weighted by molar-refractivity contribution is 5.49. The van der Waals surface area contributed by atoms with Gasteiger partial charge in [-0.1, -0.05) is 6.07 Å². The van der Waals surface area contributed by atoms with Crippen molar-refractivity contribution in [2.45, 2.75) is 19.8 Å². The molecular weight excluding hydrogens is 202 g/mol. The van der Waals surface area contributed by atoms with Crippen molar-refractivity contribution < 1.29 is 4.74 Å². The molecule has 0 unspecified atom stereocenters. The maximum Gasteiger partial charge on any atom is 0.125 e. The number of aromatic amines is 1. The highest BCUT2D eigenvalue weighted by atomic mass is 16.5. The minimum atomic E-state index is 0.715. The SMILES string of the molecule is c1c[nH]c(CNc2ccc3c(c2)COC3)n1. The van der Waals surface area contributed by atoms with E-state index in [1.165, 1.54) is 11.1 Å². The summed E-state index contributed by atoms with van der Waals surface area (Å²) < 4.78 is 5.37. The molecule has 3 rings (SSSR count). The van der Waals surface area contributed by atoms with Gasteiger partial charge in [-0.05, 0) is 23.3 Å². The highest BCUT2D eigenvalue weighted by Gasteiger charge is 2.10. The van der Waals surface area contributed by atoms with Gasteiger partial charge in [0.2, 0.25) is 0 Å². The Morgan fingerprint density at radius 2 is 2.25 bits per heavy atom. The number of ether oxygens (including phenoxy) is 1. The Hall–Kier alpha value is -1.81. The lowest BCUT2D eigenvalue weighted by Crippen LogP contribution is -2.01. The number of anilines is 1. The Morgan fingerprint density at radius 1 is 1.31 bits per heavy atom. The molecule has 1 aliphatic rings. The van der Waals surface area contributed by atoms with Crippen molar-refractivity contribution in [3.8, 4) is 0 Å². The Kier molecular flexibility index (Phi) is 2.34. The smallest absolute Gasteiger partial charge is 0.125 e. The highest BCUT2D eigenvalue weighted by Crippen LogP contribution is 2.23. The molecular formula is C12H13N3O. The lowest BCUT2D eigenvalue weighted by atomic mass is 10.1. The first kappa shape index (κ1) is 9.42. The van der Waals surface area contributed by atoms with Crippen molar-refractivity contribution in [3.63, 3.8) is 0 Å². The number of aromatic nitrogens is 2. The lowest BCUT2D eigenvalue weighted by Gasteiger charge is -2.06. The summed E-state index contributed by atoms with van der Waals surface area (Å²) in [7, 11) is 0. The molecule has 1 aromatic carbocycles. The molecule has 16 heavy (non-hydrogen) atoms. The van der Waals surface area contributed by atoms with Crippen LogP contribution in [0, 0.1) is 0 Å². The summed E-state index contributed by atoms with van der Waals surface area (Å²) in [6.07, 6.45) is 3.58. The van der Waals surface area contributed by atoms with Gasteiger partial charge in [-0.2, -0.15) is 0 Å². The quantitative estimate of drug-likeness (QED) is 0.823. The Balaban J connectivity index is 1.71. The topological polar surface area (TPSA) is 49.9 Å². The summed E-state index contributed by atoms with van der Waals surface area (Å²) in [6.45, 7) is 2.19. The first-order chi connectivity index (χ1) is 7.92. The van der Waals surface area contributed by atoms with Crippen LogP contribution in [0.3, 0.4) is 0 Å². The molecule has 1 aliphatic heterocycles. The largest absolute Gasteiger partial charge is 0.378 e. The number of fused-ring (bicyclic) bond motifs is 1. The Bertz CT molecular complexity index is 479. The molecule has 0 radical (unpaired) electrons. The average Bonchev–Trinajstić information content (AvgIpc) is 2.97. The maximum atomic E-state index is 5.37. The molecule has 4 heteroatoms. The molecule has 0 aliphatic carbocycles. The molecule has 2 aromatic rings. The van der Waals surface area contributed by atoms with Gasteiger partial charge >= 0.3 is 0 Å². The van der Waals surface area contributed by atoms with Gasteiger partial charge in [-0.3, -0.25) is 0 Å². The summed E-state index contributed by atoms with van der Waals surface area (Å²) in [4.78, 5) is 7.22. The Morgan fingerprint density at radius 3 is 3.12 bits per heavy atom. The van der Waals surface area contributed by atoms with E-state index in [1.807, 2.05) is 6.20 Å². The first-order valence-electron chi connectivity index (χ1n) is 5.33. The van der Waals surface area contributed by atoms with Crippen LogP contribution in [0.5, 0.6) is 0 Å². The van der Waals surface area contributed by atoms with E-state index in [4.69, 9.17) is 4.74 Å². The number of imidazole rings is 1. The van der Waals surface area contributed by atoms with Crippen LogP contribution in [0.25, 0.3) is 0 Å². The second-order valence-electron chi connectivity index (χ2n) is 3.87. The molecule has 2 heterocycles. The molecule has 0 saturated heterocycles. The zero-order valence-corrected chi connectivity index (χ0v) is 8.86. The van der Waals surface area contributed by atoms with Gasteiger partial charge in [0, 0.05) is 18.1 Å². The molecule has 0 spiro atoms. The van der Waals surface area contributed by atoms with E-state index in [2.05, 4.69) is 33.5 Å². The predicted octanol–water partition coefficient (Wildman–Crippen LogP) is 2.05. The van der Waals surface area contributed by atoms with Crippen LogP contribution in [0.4, 0.5) is 5.69 Å². The number of nitrogens with one attached hydrogen (secondary N) is 2. The van der Waals surface area contributed by atoms with Gasteiger partial charge < -0.3 is 15.0 Å². The molecule has 0 bridgehead atoms. The van der Waals surface area contributed by atoms with Crippen LogP contribution in [0.2, 0.25) is 0 Å². The van der Waals surface area contributed by atoms with E-state index in [0.29, 0.717) is 6.54 Å². The van der Waals surface area contributed by atoms with Crippen LogP contribution < -0.4 is 5.32 Å². The van der Waals surface area contributed by atoms with E-state index < -0.39 is 0 Å². The monoisotopic (exact) mass is 215 g/mol. The number of hydrogen-bond donors (Lipinski definition) is 2. The van der Waals surface area contributed by atoms with Gasteiger partial charge in [0.25, 0.3) is 0 Å². The second kappa shape index (κ2) is 3.98. The van der Waals surface area contributed by atoms with Crippen LogP contribution in [-0.4, -0.2) is 9.97 Å². The second-order valence-corrected chi connectivity index (χ2v) is 3.87. The number of hydrogen-bond acceptors (Lipinski definition) is 3. The molecule has 0 fully saturated rings. The van der Waals surface area contributed by atoms with Gasteiger partial charge in [0.15, 0.2) is 0 Å². The standard InChI is InChI=1S/C12H13N3O/c1-2-11(5-10-8-16-7-9(1)10)15-6-12-13-3-4-14-12/h1-5,15H,6-8H2,(H,13,14). The van der Waals surface area contributed by atoms with Crippen molar-refractivity contribution in [2.75, 3.05) is 5.32 Å². The summed E-state index contributed by atoms with van der Waals surface area (Å²) in [5, 5.41) is 3.33. The summed E-state index contributed by atoms with van der Waals surface area (Å²) in [5.41, 5.74) is 3.69. The zero-order chi connectivity index (χ0) is 10.8. The summed E-state index contributed by atoms with van der Waals surface area (Å²) >= 11 is 0. The Labute approximate surface area is 93.7 Å². The lowest BCUT2D eigenvalue weighted by molar-refractivity contribution is 0.134. The fourth-order valence-electron chi connectivity index (χ4n) is 1.86. The van der Waals surface area contributed by atoms with Crippen LogP contribution in [-0.2, 0) is 24.5 Å². The molecule has 2 N–H and O–H groups in total. The summed E-state index contributed by atoms with van der Waals surface area (Å²) in [6, 6.07) is 6.34. The molecule has 82 valence electrons. The number of rotatable bonds is 3. The van der Waals surface area contributed by atoms with E-state index in [0.717, 1.165) is 24.7 Å². The normalized spacial score (nSPS) is 13.8. The van der Waals surface area contributed by atoms with Crippen molar-refractivity contribution in [1.82, 2.24) is 9.97 Å². The first-order valence-corrected chi connectivity index (χ1v) is 5.33. The molecule has 0 atom stereocenters. The molecule has 1 aromatic heterocycles.